The Hall–Kier alpha value is -2.55. The number of aromatic hydroxyl groups is 1. The second-order valence-electron chi connectivity index (χ2n) is 5.73. The lowest BCUT2D eigenvalue weighted by Crippen LogP contribution is -1.97. The first-order valence-corrected chi connectivity index (χ1v) is 8.43. The SMILES string of the molecule is CCCCCCOc1ccc(/C=C/C(=O)c2cccc(O)c2)cc1. The van der Waals surface area contributed by atoms with E-state index in [1.54, 1.807) is 24.3 Å². The van der Waals surface area contributed by atoms with E-state index < -0.39 is 0 Å². The van der Waals surface area contributed by atoms with Crippen molar-refractivity contribution in [3.8, 4) is 11.5 Å². The summed E-state index contributed by atoms with van der Waals surface area (Å²) in [6.45, 7) is 2.93. The molecule has 0 aliphatic heterocycles. The van der Waals surface area contributed by atoms with Gasteiger partial charge in [-0.2, -0.15) is 0 Å². The molecule has 2 aromatic carbocycles. The molecule has 0 unspecified atom stereocenters. The van der Waals surface area contributed by atoms with E-state index in [0.717, 1.165) is 24.3 Å². The number of carbonyl (C=O) groups excluding carboxylic acids is 1. The van der Waals surface area contributed by atoms with E-state index in [4.69, 9.17) is 4.74 Å². The molecule has 0 saturated heterocycles. The molecule has 126 valence electrons. The van der Waals surface area contributed by atoms with Crippen LogP contribution in [-0.4, -0.2) is 17.5 Å². The van der Waals surface area contributed by atoms with Crippen LogP contribution in [0.5, 0.6) is 11.5 Å². The van der Waals surface area contributed by atoms with Gasteiger partial charge in [0.2, 0.25) is 0 Å². The van der Waals surface area contributed by atoms with Gasteiger partial charge in [-0.05, 0) is 42.3 Å². The fraction of sp³-hybridized carbons (Fsp3) is 0.286. The third-order valence-electron chi connectivity index (χ3n) is 3.70. The summed E-state index contributed by atoms with van der Waals surface area (Å²) < 4.78 is 5.70. The van der Waals surface area contributed by atoms with Gasteiger partial charge in [-0.25, -0.2) is 0 Å². The van der Waals surface area contributed by atoms with Gasteiger partial charge in [-0.3, -0.25) is 4.79 Å². The maximum absolute atomic E-state index is 12.0. The van der Waals surface area contributed by atoms with Crippen LogP contribution < -0.4 is 4.74 Å². The second-order valence-corrected chi connectivity index (χ2v) is 5.73. The van der Waals surface area contributed by atoms with Gasteiger partial charge in [-0.1, -0.05) is 56.5 Å². The minimum absolute atomic E-state index is 0.0923. The molecule has 0 fully saturated rings. The Labute approximate surface area is 143 Å². The molecule has 2 aromatic rings. The molecule has 3 heteroatoms. The lowest BCUT2D eigenvalue weighted by molar-refractivity contribution is 0.104. The van der Waals surface area contributed by atoms with E-state index in [1.807, 2.05) is 24.3 Å². The molecular formula is C21H24O3. The zero-order valence-electron chi connectivity index (χ0n) is 14.1. The van der Waals surface area contributed by atoms with Gasteiger partial charge in [0.25, 0.3) is 0 Å². The van der Waals surface area contributed by atoms with Crippen molar-refractivity contribution in [1.82, 2.24) is 0 Å². The van der Waals surface area contributed by atoms with Crippen LogP contribution in [0, 0.1) is 0 Å². The molecule has 24 heavy (non-hydrogen) atoms. The number of rotatable bonds is 9. The fourth-order valence-electron chi connectivity index (χ4n) is 2.32. The predicted molar refractivity (Wildman–Crippen MR) is 97.6 cm³/mol. The molecule has 0 atom stereocenters. The minimum atomic E-state index is -0.137. The van der Waals surface area contributed by atoms with Crippen LogP contribution in [-0.2, 0) is 0 Å². The molecule has 0 spiro atoms. The molecule has 0 aliphatic rings. The van der Waals surface area contributed by atoms with Crippen molar-refractivity contribution in [3.63, 3.8) is 0 Å². The molecule has 0 aliphatic carbocycles. The Kier molecular flexibility index (Phi) is 7.09. The van der Waals surface area contributed by atoms with Crippen molar-refractivity contribution in [3.05, 3.63) is 65.7 Å². The van der Waals surface area contributed by atoms with Crippen LogP contribution in [0.1, 0.15) is 48.5 Å². The van der Waals surface area contributed by atoms with Gasteiger partial charge < -0.3 is 9.84 Å². The second kappa shape index (κ2) is 9.56. The Balaban J connectivity index is 1.85. The number of carbonyl (C=O) groups is 1. The predicted octanol–water partition coefficient (Wildman–Crippen LogP) is 5.25. The van der Waals surface area contributed by atoms with Crippen LogP contribution in [0.25, 0.3) is 6.08 Å². The van der Waals surface area contributed by atoms with E-state index in [2.05, 4.69) is 6.92 Å². The number of ketones is 1. The molecule has 1 N–H and O–H groups in total. The highest BCUT2D eigenvalue weighted by molar-refractivity contribution is 6.07. The van der Waals surface area contributed by atoms with Gasteiger partial charge in [0, 0.05) is 5.56 Å². The number of benzene rings is 2. The number of allylic oxidation sites excluding steroid dienone is 1. The molecule has 0 aromatic heterocycles. The summed E-state index contributed by atoms with van der Waals surface area (Å²) >= 11 is 0. The molecule has 0 saturated carbocycles. The molecular weight excluding hydrogens is 300 g/mol. The Bertz CT molecular complexity index is 672. The maximum atomic E-state index is 12.0. The number of unbranched alkanes of at least 4 members (excludes halogenated alkanes) is 3. The number of ether oxygens (including phenoxy) is 1. The van der Waals surface area contributed by atoms with Crippen LogP contribution in [0.2, 0.25) is 0 Å². The van der Waals surface area contributed by atoms with Gasteiger partial charge >= 0.3 is 0 Å². The number of phenolic OH excluding ortho intramolecular Hbond substituents is 1. The lowest BCUT2D eigenvalue weighted by atomic mass is 10.1. The molecule has 3 nitrogen and oxygen atoms in total. The van der Waals surface area contributed by atoms with E-state index >= 15 is 0 Å². The van der Waals surface area contributed by atoms with Crippen LogP contribution in [0.15, 0.2) is 54.6 Å². The quantitative estimate of drug-likeness (QED) is 0.389. The summed E-state index contributed by atoms with van der Waals surface area (Å²) in [7, 11) is 0. The van der Waals surface area contributed by atoms with Gasteiger partial charge in [-0.15, -0.1) is 0 Å². The minimum Gasteiger partial charge on any atom is -0.508 e. The highest BCUT2D eigenvalue weighted by Gasteiger charge is 2.02. The number of hydrogen-bond acceptors (Lipinski definition) is 3. The number of phenols is 1. The highest BCUT2D eigenvalue weighted by Crippen LogP contribution is 2.15. The van der Waals surface area contributed by atoms with Gasteiger partial charge in [0.05, 0.1) is 6.61 Å². The monoisotopic (exact) mass is 324 g/mol. The van der Waals surface area contributed by atoms with Gasteiger partial charge in [0.1, 0.15) is 11.5 Å². The van der Waals surface area contributed by atoms with Crippen LogP contribution in [0.3, 0.4) is 0 Å². The third-order valence-corrected chi connectivity index (χ3v) is 3.70. The lowest BCUT2D eigenvalue weighted by Gasteiger charge is -2.06. The summed E-state index contributed by atoms with van der Waals surface area (Å²) in [5, 5.41) is 9.41. The van der Waals surface area contributed by atoms with Gasteiger partial charge in [0.15, 0.2) is 5.78 Å². The van der Waals surface area contributed by atoms with Crippen molar-refractivity contribution in [2.45, 2.75) is 32.6 Å². The van der Waals surface area contributed by atoms with Crippen LogP contribution in [0.4, 0.5) is 0 Å². The largest absolute Gasteiger partial charge is 0.508 e. The van der Waals surface area contributed by atoms with Crippen molar-refractivity contribution < 1.29 is 14.6 Å². The van der Waals surface area contributed by atoms with Crippen molar-refractivity contribution >= 4 is 11.9 Å². The molecule has 2 rings (SSSR count). The number of hydrogen-bond donors (Lipinski definition) is 1. The average molecular weight is 324 g/mol. The maximum Gasteiger partial charge on any atom is 0.185 e. The summed E-state index contributed by atoms with van der Waals surface area (Å²) in [5.41, 5.74) is 1.40. The molecule has 0 amide bonds. The van der Waals surface area contributed by atoms with Crippen LogP contribution >= 0.6 is 0 Å². The molecule has 0 bridgehead atoms. The fourth-order valence-corrected chi connectivity index (χ4v) is 2.32. The Morgan fingerprint density at radius 2 is 1.88 bits per heavy atom. The third kappa shape index (κ3) is 5.92. The van der Waals surface area contributed by atoms with E-state index in [0.29, 0.717) is 5.56 Å². The van der Waals surface area contributed by atoms with E-state index in [9.17, 15) is 9.90 Å². The first-order chi connectivity index (χ1) is 11.7. The smallest absolute Gasteiger partial charge is 0.185 e. The highest BCUT2D eigenvalue weighted by atomic mass is 16.5. The first kappa shape index (κ1) is 17.8. The normalized spacial score (nSPS) is 10.9. The van der Waals surface area contributed by atoms with E-state index in [-0.39, 0.29) is 11.5 Å². The average Bonchev–Trinajstić information content (AvgIpc) is 2.60. The Morgan fingerprint density at radius 3 is 2.58 bits per heavy atom. The molecule has 0 radical (unpaired) electrons. The summed E-state index contributed by atoms with van der Waals surface area (Å²) in [6.07, 6.45) is 8.03. The van der Waals surface area contributed by atoms with Crippen molar-refractivity contribution in [2.75, 3.05) is 6.61 Å². The summed E-state index contributed by atoms with van der Waals surface area (Å²) in [6, 6.07) is 14.0. The summed E-state index contributed by atoms with van der Waals surface area (Å²) in [5.74, 6) is 0.805. The Morgan fingerprint density at radius 1 is 1.08 bits per heavy atom. The molecule has 0 heterocycles. The zero-order chi connectivity index (χ0) is 17.2. The topological polar surface area (TPSA) is 46.5 Å². The standard InChI is InChI=1S/C21H24O3/c1-2-3-4-5-15-24-20-12-9-17(10-13-20)11-14-21(23)18-7-6-8-19(22)16-18/h6-14,16,22H,2-5,15H2,1H3/b14-11+. The summed E-state index contributed by atoms with van der Waals surface area (Å²) in [4.78, 5) is 12.0. The van der Waals surface area contributed by atoms with E-state index in [1.165, 1.54) is 31.4 Å². The zero-order valence-corrected chi connectivity index (χ0v) is 14.1. The van der Waals surface area contributed by atoms with Crippen molar-refractivity contribution in [1.29, 1.82) is 0 Å². The first-order valence-electron chi connectivity index (χ1n) is 8.43. The van der Waals surface area contributed by atoms with Crippen molar-refractivity contribution in [2.24, 2.45) is 0 Å².